The van der Waals surface area contributed by atoms with Crippen molar-refractivity contribution in [1.82, 2.24) is 0 Å². The van der Waals surface area contributed by atoms with Crippen molar-refractivity contribution in [3.8, 4) is 0 Å². The molecule has 25 atom stereocenters. The third-order valence-electron chi connectivity index (χ3n) is 17.3. The maximum absolute atomic E-state index is 12.1. The molecule has 9 aliphatic rings. The lowest BCUT2D eigenvalue weighted by atomic mass is 9.44. The van der Waals surface area contributed by atoms with Crippen molar-refractivity contribution < 1.29 is 69.3 Å². The fourth-order valence-corrected chi connectivity index (χ4v) is 14.3. The average Bonchev–Trinajstić information content (AvgIpc) is 3.59. The highest BCUT2D eigenvalue weighted by Gasteiger charge is 2.81. The molecular formula is C39H62O14. The van der Waals surface area contributed by atoms with Crippen molar-refractivity contribution in [2.75, 3.05) is 13.2 Å². The van der Waals surface area contributed by atoms with Gasteiger partial charge in [0.1, 0.15) is 42.7 Å². The van der Waals surface area contributed by atoms with Crippen molar-refractivity contribution in [1.29, 1.82) is 0 Å². The summed E-state index contributed by atoms with van der Waals surface area (Å²) in [5, 5.41) is 84.9. The summed E-state index contributed by atoms with van der Waals surface area (Å²) < 4.78 is 38.3. The van der Waals surface area contributed by atoms with Crippen LogP contribution in [-0.2, 0) is 28.4 Å². The van der Waals surface area contributed by atoms with E-state index in [0.29, 0.717) is 30.8 Å². The monoisotopic (exact) mass is 754 g/mol. The first-order valence-electron chi connectivity index (χ1n) is 20.3. The van der Waals surface area contributed by atoms with E-state index in [1.807, 2.05) is 6.92 Å². The summed E-state index contributed by atoms with van der Waals surface area (Å²) in [6.45, 7) is 10.4. The molecule has 1 unspecified atom stereocenters. The molecule has 4 heterocycles. The van der Waals surface area contributed by atoms with Gasteiger partial charge in [-0.25, -0.2) is 0 Å². The largest absolute Gasteiger partial charge is 0.394 e. The molecule has 5 saturated carbocycles. The molecule has 53 heavy (non-hydrogen) atoms. The molecule has 9 rings (SSSR count). The van der Waals surface area contributed by atoms with Gasteiger partial charge in [0.15, 0.2) is 18.4 Å². The summed E-state index contributed by atoms with van der Waals surface area (Å²) in [6.07, 6.45) is -7.93. The van der Waals surface area contributed by atoms with Gasteiger partial charge in [0, 0.05) is 29.1 Å². The van der Waals surface area contributed by atoms with Crippen LogP contribution >= 0.6 is 0 Å². The minimum Gasteiger partial charge on any atom is -0.394 e. The minimum absolute atomic E-state index is 0.0203. The molecule has 0 aromatic carbocycles. The summed E-state index contributed by atoms with van der Waals surface area (Å²) in [5.74, 6) is 0.453. The van der Waals surface area contributed by atoms with Crippen molar-refractivity contribution in [3.05, 3.63) is 0 Å². The predicted octanol–water partition coefficient (Wildman–Crippen LogP) is 0.0213. The number of rotatable bonds is 5. The lowest BCUT2D eigenvalue weighted by Crippen LogP contribution is -2.62. The fraction of sp³-hybridized carbons (Fsp3) is 1.00. The zero-order valence-electron chi connectivity index (χ0n) is 31.5. The van der Waals surface area contributed by atoms with Crippen LogP contribution in [0.25, 0.3) is 0 Å². The molecule has 302 valence electrons. The normalized spacial score (nSPS) is 64.1. The highest BCUT2D eigenvalue weighted by molar-refractivity contribution is 5.29. The Morgan fingerprint density at radius 2 is 1.45 bits per heavy atom. The molecule has 4 aliphatic heterocycles. The van der Waals surface area contributed by atoms with E-state index in [1.165, 1.54) is 0 Å². The molecule has 0 aromatic heterocycles. The maximum Gasteiger partial charge on any atom is 0.186 e. The van der Waals surface area contributed by atoms with Crippen molar-refractivity contribution >= 4 is 0 Å². The van der Waals surface area contributed by atoms with E-state index in [1.54, 1.807) is 6.92 Å². The first-order valence-corrected chi connectivity index (χ1v) is 20.3. The summed E-state index contributed by atoms with van der Waals surface area (Å²) in [7, 11) is 0. The standard InChI is InChI=1S/C39H62O14/c1-15-14-48-39(12-23(15)50-35-33(47)31(45)29(43)24(13-40)51-35)16(2)27-22(53-39)10-21-19-9-25(41)38-11-18(38)8-26(37(38,5)20(19)6-7-36(21,27)4)52-34-32(46)30(44)28(42)17(3)49-34/h15-35,40-47H,6-14H2,1-5H3/t15-,16+,17-,18-,19-,20+,21+,22+,23+,24-,25-,26-,27?,28+,29-,30+,31+,32-,33-,34+,35-,36+,37+,38+,39-/m1/s1. The first-order chi connectivity index (χ1) is 25.0. The Labute approximate surface area is 311 Å². The number of aliphatic hydroxyl groups is 8. The molecule has 14 heteroatoms. The number of hydrogen-bond donors (Lipinski definition) is 8. The van der Waals surface area contributed by atoms with Crippen LogP contribution < -0.4 is 0 Å². The number of fused-ring (bicyclic) bond motifs is 6. The van der Waals surface area contributed by atoms with Gasteiger partial charge in [-0.2, -0.15) is 0 Å². The lowest BCUT2D eigenvalue weighted by molar-refractivity contribution is -0.344. The van der Waals surface area contributed by atoms with Crippen LogP contribution in [0.3, 0.4) is 0 Å². The van der Waals surface area contributed by atoms with E-state index in [2.05, 4.69) is 20.8 Å². The van der Waals surface area contributed by atoms with Crippen LogP contribution in [0.2, 0.25) is 0 Å². The fourth-order valence-electron chi connectivity index (χ4n) is 14.3. The van der Waals surface area contributed by atoms with Crippen molar-refractivity contribution in [2.45, 2.75) is 171 Å². The van der Waals surface area contributed by atoms with Crippen LogP contribution in [0.5, 0.6) is 0 Å². The second-order valence-corrected chi connectivity index (χ2v) is 19.3. The van der Waals surface area contributed by atoms with Gasteiger partial charge >= 0.3 is 0 Å². The van der Waals surface area contributed by atoms with Crippen LogP contribution in [0.4, 0.5) is 0 Å². The lowest BCUT2D eigenvalue weighted by Gasteiger charge is -2.62. The Bertz CT molecular complexity index is 1400. The Hall–Kier alpha value is -0.560. The van der Waals surface area contributed by atoms with Gasteiger partial charge in [0.05, 0.1) is 43.7 Å². The topological polar surface area (TPSA) is 217 Å². The van der Waals surface area contributed by atoms with Gasteiger partial charge < -0.3 is 69.3 Å². The second-order valence-electron chi connectivity index (χ2n) is 19.3. The Morgan fingerprint density at radius 3 is 2.17 bits per heavy atom. The Morgan fingerprint density at radius 1 is 0.755 bits per heavy atom. The van der Waals surface area contributed by atoms with E-state index >= 15 is 0 Å². The van der Waals surface area contributed by atoms with E-state index in [4.69, 9.17) is 28.4 Å². The van der Waals surface area contributed by atoms with Gasteiger partial charge in [-0.1, -0.05) is 27.7 Å². The Balaban J connectivity index is 0.933. The number of aliphatic hydroxyl groups excluding tert-OH is 8. The van der Waals surface area contributed by atoms with Crippen LogP contribution in [0, 0.1) is 57.7 Å². The summed E-state index contributed by atoms with van der Waals surface area (Å²) in [5.41, 5.74) is -0.649. The third-order valence-corrected chi connectivity index (χ3v) is 17.3. The Kier molecular flexibility index (Phi) is 9.12. The summed E-state index contributed by atoms with van der Waals surface area (Å²) >= 11 is 0. The number of hydrogen-bond acceptors (Lipinski definition) is 14. The molecule has 4 saturated heterocycles. The van der Waals surface area contributed by atoms with Gasteiger partial charge in [-0.3, -0.25) is 0 Å². The quantitative estimate of drug-likeness (QED) is 0.186. The molecular weight excluding hydrogens is 692 g/mol. The van der Waals surface area contributed by atoms with Crippen LogP contribution in [-0.4, -0.2) is 146 Å². The zero-order valence-corrected chi connectivity index (χ0v) is 31.5. The molecule has 0 aromatic rings. The van der Waals surface area contributed by atoms with Crippen molar-refractivity contribution in [3.63, 3.8) is 0 Å². The van der Waals surface area contributed by atoms with Crippen molar-refractivity contribution in [2.24, 2.45) is 57.7 Å². The molecule has 8 N–H and O–H groups in total. The molecule has 5 aliphatic carbocycles. The van der Waals surface area contributed by atoms with Gasteiger partial charge in [0.2, 0.25) is 0 Å². The van der Waals surface area contributed by atoms with E-state index < -0.39 is 86.0 Å². The van der Waals surface area contributed by atoms with Crippen LogP contribution in [0.1, 0.15) is 79.6 Å². The zero-order chi connectivity index (χ0) is 37.7. The average molecular weight is 755 g/mol. The highest BCUT2D eigenvalue weighted by atomic mass is 16.7. The molecule has 0 bridgehead atoms. The molecule has 14 nitrogen and oxygen atoms in total. The molecule has 0 radical (unpaired) electrons. The minimum atomic E-state index is -1.52. The first kappa shape index (κ1) is 38.0. The second kappa shape index (κ2) is 12.7. The smallest absolute Gasteiger partial charge is 0.186 e. The van der Waals surface area contributed by atoms with Crippen LogP contribution in [0.15, 0.2) is 0 Å². The SMILES string of the molecule is C[C@@H]1CO[C@]2(C[C@@H]1O[C@@H]1O[C@H](CO)[C@@H](O)[C@H](O)[C@H]1O)O[C@H]1C[C@H]3[C@@H]4C[C@@H](O)[C@]56C[C@H]5C[C@@H](O[C@@H]5O[C@H](C)[C@H](O)[C@H](O)[C@H]5O)[C@]6(C)[C@H]4CC[C@]3(C)C1[C@@H]2C. The maximum atomic E-state index is 12.1. The molecule has 2 spiro atoms. The van der Waals surface area contributed by atoms with Gasteiger partial charge in [0.25, 0.3) is 0 Å². The molecule has 0 amide bonds. The molecule has 9 fully saturated rings. The summed E-state index contributed by atoms with van der Waals surface area (Å²) in [4.78, 5) is 0. The predicted molar refractivity (Wildman–Crippen MR) is 182 cm³/mol. The number of ether oxygens (including phenoxy) is 6. The highest BCUT2D eigenvalue weighted by Crippen LogP contribution is 2.82. The van der Waals surface area contributed by atoms with E-state index in [0.717, 1.165) is 38.5 Å². The van der Waals surface area contributed by atoms with E-state index in [-0.39, 0.29) is 52.1 Å². The van der Waals surface area contributed by atoms with E-state index in [9.17, 15) is 40.9 Å². The van der Waals surface area contributed by atoms with Gasteiger partial charge in [-0.05, 0) is 80.5 Å². The van der Waals surface area contributed by atoms with Gasteiger partial charge in [-0.15, -0.1) is 0 Å². The third kappa shape index (κ3) is 5.07. The summed E-state index contributed by atoms with van der Waals surface area (Å²) in [6, 6.07) is 0.